The minimum absolute atomic E-state index is 0.000697. The molecule has 27 heavy (non-hydrogen) atoms. The molecule has 2 heterocycles. The Morgan fingerprint density at radius 3 is 2.78 bits per heavy atom. The van der Waals surface area contributed by atoms with E-state index in [0.29, 0.717) is 17.3 Å². The number of pyridine rings is 1. The molecule has 0 radical (unpaired) electrons. The lowest BCUT2D eigenvalue weighted by molar-refractivity contribution is -0.122. The third-order valence-corrected chi connectivity index (χ3v) is 3.98. The van der Waals surface area contributed by atoms with Gasteiger partial charge < -0.3 is 20.6 Å². The van der Waals surface area contributed by atoms with Crippen LogP contribution in [-0.4, -0.2) is 40.1 Å². The smallest absolute Gasteiger partial charge is 0.322 e. The summed E-state index contributed by atoms with van der Waals surface area (Å²) in [6, 6.07) is 2.68. The van der Waals surface area contributed by atoms with E-state index in [1.54, 1.807) is 0 Å². The van der Waals surface area contributed by atoms with Gasteiger partial charge in [-0.1, -0.05) is 0 Å². The second kappa shape index (κ2) is 7.62. The highest BCUT2D eigenvalue weighted by molar-refractivity contribution is 5.94. The van der Waals surface area contributed by atoms with Crippen molar-refractivity contribution in [2.45, 2.75) is 12.6 Å². The summed E-state index contributed by atoms with van der Waals surface area (Å²) >= 11 is 0. The van der Waals surface area contributed by atoms with Gasteiger partial charge in [0.15, 0.2) is 0 Å². The first kappa shape index (κ1) is 18.6. The van der Waals surface area contributed by atoms with Gasteiger partial charge in [0, 0.05) is 11.8 Å². The SMILES string of the molecule is O=C(CN1Cc2cc(F)ccc2NC1=O)N[C@@H](CO)c1ncc(F)cc1F. The fourth-order valence-electron chi connectivity index (χ4n) is 2.71. The molecule has 0 saturated heterocycles. The van der Waals surface area contributed by atoms with Crippen molar-refractivity contribution in [1.29, 1.82) is 0 Å². The van der Waals surface area contributed by atoms with E-state index in [1.165, 1.54) is 18.2 Å². The summed E-state index contributed by atoms with van der Waals surface area (Å²) in [5.74, 6) is -3.09. The first-order valence-electron chi connectivity index (χ1n) is 7.93. The average molecular weight is 380 g/mol. The molecule has 0 aliphatic carbocycles. The zero-order chi connectivity index (χ0) is 19.6. The van der Waals surface area contributed by atoms with Crippen LogP contribution in [0.3, 0.4) is 0 Å². The third kappa shape index (κ3) is 4.17. The van der Waals surface area contributed by atoms with Gasteiger partial charge in [-0.25, -0.2) is 18.0 Å². The standard InChI is InChI=1S/C17H15F3N4O3/c18-10-1-2-13-9(3-10)6-24(17(27)23-13)7-15(26)22-14(8-25)16-12(20)4-11(19)5-21-16/h1-5,14,25H,6-8H2,(H,22,26)(H,23,27)/t14-/m0/s1. The number of aromatic nitrogens is 1. The number of halogens is 3. The van der Waals surface area contributed by atoms with Crippen molar-refractivity contribution in [3.63, 3.8) is 0 Å². The van der Waals surface area contributed by atoms with Crippen LogP contribution in [-0.2, 0) is 11.3 Å². The summed E-state index contributed by atoms with van der Waals surface area (Å²) in [6.45, 7) is -1.10. The third-order valence-electron chi connectivity index (χ3n) is 3.98. The van der Waals surface area contributed by atoms with Crippen molar-refractivity contribution in [2.75, 3.05) is 18.5 Å². The van der Waals surface area contributed by atoms with Gasteiger partial charge in [0.2, 0.25) is 5.91 Å². The fraction of sp³-hybridized carbons (Fsp3) is 0.235. The van der Waals surface area contributed by atoms with Gasteiger partial charge in [-0.2, -0.15) is 0 Å². The minimum atomic E-state index is -1.21. The molecule has 1 aromatic carbocycles. The zero-order valence-corrected chi connectivity index (χ0v) is 13.9. The molecule has 1 atom stereocenters. The molecule has 3 N–H and O–H groups in total. The first-order chi connectivity index (χ1) is 12.9. The van der Waals surface area contributed by atoms with Gasteiger partial charge in [0.05, 0.1) is 25.4 Å². The number of hydrogen-bond acceptors (Lipinski definition) is 4. The molecule has 3 rings (SSSR count). The lowest BCUT2D eigenvalue weighted by Gasteiger charge is -2.29. The minimum Gasteiger partial charge on any atom is -0.394 e. The maximum atomic E-state index is 13.8. The summed E-state index contributed by atoms with van der Waals surface area (Å²) in [7, 11) is 0. The van der Waals surface area contributed by atoms with E-state index in [4.69, 9.17) is 0 Å². The van der Waals surface area contributed by atoms with E-state index in [1.807, 2.05) is 0 Å². The molecule has 0 bridgehead atoms. The van der Waals surface area contributed by atoms with Gasteiger partial charge in [-0.05, 0) is 23.8 Å². The van der Waals surface area contributed by atoms with Gasteiger partial charge in [-0.15, -0.1) is 0 Å². The number of benzene rings is 1. The number of aliphatic hydroxyl groups excluding tert-OH is 1. The Morgan fingerprint density at radius 1 is 1.30 bits per heavy atom. The average Bonchev–Trinajstić information content (AvgIpc) is 2.61. The second-order valence-corrected chi connectivity index (χ2v) is 5.91. The molecule has 142 valence electrons. The summed E-state index contributed by atoms with van der Waals surface area (Å²) in [6.07, 6.45) is 0.761. The topological polar surface area (TPSA) is 94.6 Å². The fourth-order valence-corrected chi connectivity index (χ4v) is 2.71. The Labute approximate surface area is 151 Å². The molecule has 1 aromatic heterocycles. The largest absolute Gasteiger partial charge is 0.394 e. The summed E-state index contributed by atoms with van der Waals surface area (Å²) < 4.78 is 40.1. The molecular weight excluding hydrogens is 365 g/mol. The van der Waals surface area contributed by atoms with Crippen LogP contribution in [0.15, 0.2) is 30.5 Å². The van der Waals surface area contributed by atoms with Crippen molar-refractivity contribution in [3.8, 4) is 0 Å². The molecule has 0 saturated carbocycles. The van der Waals surface area contributed by atoms with E-state index in [2.05, 4.69) is 15.6 Å². The maximum Gasteiger partial charge on any atom is 0.322 e. The van der Waals surface area contributed by atoms with Crippen LogP contribution in [0.1, 0.15) is 17.3 Å². The highest BCUT2D eigenvalue weighted by Crippen LogP contribution is 2.24. The van der Waals surface area contributed by atoms with Crippen molar-refractivity contribution in [1.82, 2.24) is 15.2 Å². The molecule has 2 aromatic rings. The van der Waals surface area contributed by atoms with E-state index in [0.717, 1.165) is 11.1 Å². The Balaban J connectivity index is 1.68. The number of carbonyl (C=O) groups is 2. The number of amides is 3. The van der Waals surface area contributed by atoms with E-state index in [-0.39, 0.29) is 12.2 Å². The summed E-state index contributed by atoms with van der Waals surface area (Å²) in [5, 5.41) is 14.3. The lowest BCUT2D eigenvalue weighted by atomic mass is 10.1. The number of nitrogens with one attached hydrogen (secondary N) is 2. The Hall–Kier alpha value is -3.14. The number of fused-ring (bicyclic) bond motifs is 1. The molecular formula is C17H15F3N4O3. The van der Waals surface area contributed by atoms with Crippen LogP contribution in [0.4, 0.5) is 23.7 Å². The zero-order valence-electron chi connectivity index (χ0n) is 13.9. The Kier molecular flexibility index (Phi) is 5.26. The molecule has 10 heteroatoms. The van der Waals surface area contributed by atoms with Crippen LogP contribution in [0.25, 0.3) is 0 Å². The quantitative estimate of drug-likeness (QED) is 0.736. The number of aliphatic hydroxyl groups is 1. The predicted octanol–water partition coefficient (Wildman–Crippen LogP) is 1.70. The number of urea groups is 1. The highest BCUT2D eigenvalue weighted by atomic mass is 19.1. The molecule has 0 unspecified atom stereocenters. The van der Waals surface area contributed by atoms with Crippen LogP contribution >= 0.6 is 0 Å². The van der Waals surface area contributed by atoms with Crippen LogP contribution < -0.4 is 10.6 Å². The van der Waals surface area contributed by atoms with E-state index in [9.17, 15) is 27.9 Å². The van der Waals surface area contributed by atoms with Crippen LogP contribution in [0.2, 0.25) is 0 Å². The number of carbonyl (C=O) groups excluding carboxylic acids is 2. The molecule has 0 fully saturated rings. The van der Waals surface area contributed by atoms with Crippen molar-refractivity contribution in [2.24, 2.45) is 0 Å². The molecule has 1 aliphatic heterocycles. The second-order valence-electron chi connectivity index (χ2n) is 5.91. The van der Waals surface area contributed by atoms with Gasteiger partial charge in [0.25, 0.3) is 0 Å². The van der Waals surface area contributed by atoms with E-state index >= 15 is 0 Å². The first-order valence-corrected chi connectivity index (χ1v) is 7.93. The number of anilines is 1. The lowest BCUT2D eigenvalue weighted by Crippen LogP contribution is -2.46. The highest BCUT2D eigenvalue weighted by Gasteiger charge is 2.26. The normalized spacial score (nSPS) is 14.4. The van der Waals surface area contributed by atoms with Crippen molar-refractivity contribution >= 4 is 17.6 Å². The number of hydrogen-bond donors (Lipinski definition) is 3. The van der Waals surface area contributed by atoms with Gasteiger partial charge in [0.1, 0.15) is 29.7 Å². The van der Waals surface area contributed by atoms with Crippen molar-refractivity contribution in [3.05, 3.63) is 59.2 Å². The molecule has 1 aliphatic rings. The van der Waals surface area contributed by atoms with Crippen LogP contribution in [0, 0.1) is 17.5 Å². The van der Waals surface area contributed by atoms with Gasteiger partial charge >= 0.3 is 6.03 Å². The molecule has 3 amide bonds. The summed E-state index contributed by atoms with van der Waals surface area (Å²) in [5.41, 5.74) is 0.610. The monoisotopic (exact) mass is 380 g/mol. The maximum absolute atomic E-state index is 13.8. The molecule has 7 nitrogen and oxygen atoms in total. The number of nitrogens with zero attached hydrogens (tertiary/aromatic N) is 2. The van der Waals surface area contributed by atoms with Crippen molar-refractivity contribution < 1.29 is 27.9 Å². The summed E-state index contributed by atoms with van der Waals surface area (Å²) in [4.78, 5) is 29.0. The predicted molar refractivity (Wildman–Crippen MR) is 88.0 cm³/mol. The number of rotatable bonds is 5. The van der Waals surface area contributed by atoms with Gasteiger partial charge in [-0.3, -0.25) is 9.78 Å². The molecule has 0 spiro atoms. The van der Waals surface area contributed by atoms with E-state index < -0.39 is 48.6 Å². The Morgan fingerprint density at radius 2 is 2.07 bits per heavy atom. The van der Waals surface area contributed by atoms with Crippen LogP contribution in [0.5, 0.6) is 0 Å². The Bertz CT molecular complexity index is 894.